The van der Waals surface area contributed by atoms with E-state index in [1.54, 1.807) is 11.8 Å². The van der Waals surface area contributed by atoms with Gasteiger partial charge in [-0.2, -0.15) is 0 Å². The maximum absolute atomic E-state index is 13.6. The molecule has 2 aromatic heterocycles. The minimum Gasteiger partial charge on any atom is -0.383 e. The summed E-state index contributed by atoms with van der Waals surface area (Å²) < 4.78 is 7.02. The lowest BCUT2D eigenvalue weighted by Gasteiger charge is -2.31. The van der Waals surface area contributed by atoms with Gasteiger partial charge in [0.1, 0.15) is 6.04 Å². The maximum Gasteiger partial charge on any atom is 0.253 e. The number of aromatic nitrogens is 5. The first-order chi connectivity index (χ1) is 18.5. The number of nitrogens with one attached hydrogen (secondary N) is 1. The van der Waals surface area contributed by atoms with Crippen molar-refractivity contribution in [1.82, 2.24) is 30.1 Å². The van der Waals surface area contributed by atoms with Gasteiger partial charge in [0.05, 0.1) is 13.2 Å². The molecule has 38 heavy (non-hydrogen) atoms. The highest BCUT2D eigenvalue weighted by molar-refractivity contribution is 6.30. The molecular formula is C29H29ClN6O2. The van der Waals surface area contributed by atoms with Crippen LogP contribution >= 0.6 is 11.6 Å². The van der Waals surface area contributed by atoms with Crippen LogP contribution < -0.4 is 5.56 Å². The zero-order chi connectivity index (χ0) is 26.5. The van der Waals surface area contributed by atoms with Crippen molar-refractivity contribution in [3.8, 4) is 0 Å². The Morgan fingerprint density at radius 3 is 2.47 bits per heavy atom. The minimum absolute atomic E-state index is 0.179. The van der Waals surface area contributed by atoms with Crippen molar-refractivity contribution in [3.63, 3.8) is 0 Å². The van der Waals surface area contributed by atoms with E-state index >= 15 is 0 Å². The van der Waals surface area contributed by atoms with Crippen molar-refractivity contribution in [2.75, 3.05) is 13.7 Å². The molecule has 8 nitrogen and oxygen atoms in total. The lowest BCUT2D eigenvalue weighted by atomic mass is 10.0. The third-order valence-electron chi connectivity index (χ3n) is 6.53. The number of hydrogen-bond donors (Lipinski definition) is 1. The van der Waals surface area contributed by atoms with Crippen LogP contribution in [-0.2, 0) is 24.4 Å². The first kappa shape index (κ1) is 25.8. The van der Waals surface area contributed by atoms with Crippen LogP contribution in [0.3, 0.4) is 0 Å². The molecule has 0 unspecified atom stereocenters. The highest BCUT2D eigenvalue weighted by Crippen LogP contribution is 2.30. The average Bonchev–Trinajstić information content (AvgIpc) is 3.38. The summed E-state index contributed by atoms with van der Waals surface area (Å²) in [7, 11) is 1.64. The lowest BCUT2D eigenvalue weighted by Crippen LogP contribution is -2.35. The van der Waals surface area contributed by atoms with Crippen LogP contribution in [0.5, 0.6) is 0 Å². The zero-order valence-electron chi connectivity index (χ0n) is 21.3. The van der Waals surface area contributed by atoms with Crippen molar-refractivity contribution in [2.24, 2.45) is 0 Å². The van der Waals surface area contributed by atoms with Crippen molar-refractivity contribution in [2.45, 2.75) is 32.6 Å². The highest BCUT2D eigenvalue weighted by atomic mass is 35.5. The van der Waals surface area contributed by atoms with Crippen LogP contribution in [-0.4, -0.2) is 43.8 Å². The van der Waals surface area contributed by atoms with Gasteiger partial charge in [-0.1, -0.05) is 65.7 Å². The number of aromatic amines is 1. The second-order valence-electron chi connectivity index (χ2n) is 9.32. The molecule has 194 valence electrons. The summed E-state index contributed by atoms with van der Waals surface area (Å²) in [4.78, 5) is 18.9. The largest absolute Gasteiger partial charge is 0.383 e. The van der Waals surface area contributed by atoms with E-state index in [2.05, 4.69) is 43.6 Å². The van der Waals surface area contributed by atoms with E-state index in [0.717, 1.165) is 27.6 Å². The summed E-state index contributed by atoms with van der Waals surface area (Å²) >= 11 is 6.18. The van der Waals surface area contributed by atoms with E-state index in [9.17, 15) is 4.79 Å². The van der Waals surface area contributed by atoms with Gasteiger partial charge in [-0.05, 0) is 64.2 Å². The molecule has 0 fully saturated rings. The predicted octanol–water partition coefficient (Wildman–Crippen LogP) is 4.91. The van der Waals surface area contributed by atoms with Crippen LogP contribution in [0.25, 0.3) is 10.9 Å². The van der Waals surface area contributed by atoms with E-state index in [1.165, 1.54) is 0 Å². The van der Waals surface area contributed by atoms with Gasteiger partial charge in [0.15, 0.2) is 5.82 Å². The topological polar surface area (TPSA) is 88.9 Å². The molecule has 0 aliphatic rings. The zero-order valence-corrected chi connectivity index (χ0v) is 22.1. The molecule has 0 spiro atoms. The minimum atomic E-state index is -0.536. The lowest BCUT2D eigenvalue weighted by molar-refractivity contribution is 0.169. The van der Waals surface area contributed by atoms with Gasteiger partial charge >= 0.3 is 0 Å². The van der Waals surface area contributed by atoms with Gasteiger partial charge in [-0.25, -0.2) is 4.68 Å². The third-order valence-corrected chi connectivity index (χ3v) is 6.78. The fourth-order valence-electron chi connectivity index (χ4n) is 4.67. The Morgan fingerprint density at radius 1 is 1.00 bits per heavy atom. The second kappa shape index (κ2) is 11.7. The number of methoxy groups -OCH3 is 1. The number of benzene rings is 3. The van der Waals surface area contributed by atoms with E-state index in [4.69, 9.17) is 16.3 Å². The van der Waals surface area contributed by atoms with Crippen molar-refractivity contribution in [1.29, 1.82) is 0 Å². The average molecular weight is 529 g/mol. The summed E-state index contributed by atoms with van der Waals surface area (Å²) in [6.07, 6.45) is 0. The molecule has 0 saturated heterocycles. The quantitative estimate of drug-likeness (QED) is 0.277. The van der Waals surface area contributed by atoms with Gasteiger partial charge in [0.25, 0.3) is 5.56 Å². The number of fused-ring (bicyclic) bond motifs is 1. The summed E-state index contributed by atoms with van der Waals surface area (Å²) in [5.74, 6) is 0.574. The molecule has 2 heterocycles. The molecule has 1 N–H and O–H groups in total. The Bertz CT molecular complexity index is 1570. The maximum atomic E-state index is 13.6. The Labute approximate surface area is 225 Å². The third kappa shape index (κ3) is 5.83. The Morgan fingerprint density at radius 2 is 1.74 bits per heavy atom. The van der Waals surface area contributed by atoms with Gasteiger partial charge in [-0.3, -0.25) is 9.69 Å². The molecule has 5 rings (SSSR count). The molecule has 0 aliphatic carbocycles. The van der Waals surface area contributed by atoms with Crippen molar-refractivity contribution >= 4 is 22.5 Å². The van der Waals surface area contributed by atoms with Crippen LogP contribution in [0.1, 0.15) is 34.1 Å². The standard InChI is InChI=1S/C29H29ClN6O2/c1-20-8-13-26-23(16-20)17-25(29(37)31-26)27(28-32-33-34-36(28)14-15-38-2)35(18-21-6-4-3-5-7-21)19-22-9-11-24(30)12-10-22/h3-13,16-17,27H,14-15,18-19H2,1-2H3,(H,31,37)/t27-/m0/s1. The second-order valence-corrected chi connectivity index (χ2v) is 9.75. The molecule has 0 amide bonds. The number of tetrazole rings is 1. The van der Waals surface area contributed by atoms with Crippen LogP contribution in [0.15, 0.2) is 83.7 Å². The summed E-state index contributed by atoms with van der Waals surface area (Å²) in [6.45, 7) is 4.04. The van der Waals surface area contributed by atoms with Gasteiger partial charge < -0.3 is 9.72 Å². The molecule has 0 bridgehead atoms. The van der Waals surface area contributed by atoms with E-state index in [0.29, 0.717) is 42.7 Å². The number of pyridine rings is 1. The summed E-state index contributed by atoms with van der Waals surface area (Å²) in [6, 6.07) is 25.3. The first-order valence-electron chi connectivity index (χ1n) is 12.4. The monoisotopic (exact) mass is 528 g/mol. The number of aryl methyl sites for hydroxylation is 1. The number of ether oxygens (including phenoxy) is 1. The highest BCUT2D eigenvalue weighted by Gasteiger charge is 2.31. The van der Waals surface area contributed by atoms with Gasteiger partial charge in [0, 0.05) is 36.3 Å². The number of H-pyrrole nitrogens is 1. The molecule has 3 aromatic carbocycles. The predicted molar refractivity (Wildman–Crippen MR) is 148 cm³/mol. The Hall–Kier alpha value is -3.85. The fourth-order valence-corrected chi connectivity index (χ4v) is 4.80. The summed E-state index contributed by atoms with van der Waals surface area (Å²) in [5, 5.41) is 14.3. The normalized spacial score (nSPS) is 12.3. The first-order valence-corrected chi connectivity index (χ1v) is 12.8. The summed E-state index contributed by atoms with van der Waals surface area (Å²) in [5.41, 5.74) is 4.45. The van der Waals surface area contributed by atoms with Crippen LogP contribution in [0, 0.1) is 6.92 Å². The number of nitrogens with zero attached hydrogens (tertiary/aromatic N) is 5. The number of halogens is 1. The van der Waals surface area contributed by atoms with E-state index in [1.807, 2.05) is 67.6 Å². The van der Waals surface area contributed by atoms with Gasteiger partial charge in [0.2, 0.25) is 0 Å². The molecule has 5 aromatic rings. The molecule has 0 aliphatic heterocycles. The molecule has 0 saturated carbocycles. The molecule has 9 heteroatoms. The van der Waals surface area contributed by atoms with E-state index in [-0.39, 0.29) is 5.56 Å². The van der Waals surface area contributed by atoms with E-state index < -0.39 is 6.04 Å². The van der Waals surface area contributed by atoms with Gasteiger partial charge in [-0.15, -0.1) is 5.10 Å². The molecular weight excluding hydrogens is 500 g/mol. The number of rotatable bonds is 10. The Kier molecular flexibility index (Phi) is 7.93. The fraction of sp³-hybridized carbons (Fsp3) is 0.241. The van der Waals surface area contributed by atoms with Crippen LogP contribution in [0.4, 0.5) is 0 Å². The van der Waals surface area contributed by atoms with Crippen molar-refractivity contribution < 1.29 is 4.74 Å². The van der Waals surface area contributed by atoms with Crippen molar-refractivity contribution in [3.05, 3.63) is 122 Å². The smallest absolute Gasteiger partial charge is 0.253 e. The van der Waals surface area contributed by atoms with Crippen LogP contribution in [0.2, 0.25) is 5.02 Å². The SMILES string of the molecule is COCCn1nnnc1[C@H](c1cc2cc(C)ccc2[nH]c1=O)N(Cc1ccccc1)Cc1ccc(Cl)cc1. The number of hydrogen-bond acceptors (Lipinski definition) is 6. The Balaban J connectivity index is 1.69. The molecule has 0 radical (unpaired) electrons. The molecule has 1 atom stereocenters.